The van der Waals surface area contributed by atoms with Gasteiger partial charge in [-0.1, -0.05) is 28.9 Å². The van der Waals surface area contributed by atoms with Crippen molar-refractivity contribution in [3.63, 3.8) is 0 Å². The van der Waals surface area contributed by atoms with E-state index in [9.17, 15) is 9.59 Å². The van der Waals surface area contributed by atoms with Gasteiger partial charge in [-0.05, 0) is 24.3 Å². The van der Waals surface area contributed by atoms with Crippen molar-refractivity contribution in [3.8, 4) is 0 Å². The lowest BCUT2D eigenvalue weighted by Crippen LogP contribution is -2.26. The molecule has 0 bridgehead atoms. The van der Waals surface area contributed by atoms with Crippen molar-refractivity contribution in [2.45, 2.75) is 13.0 Å². The van der Waals surface area contributed by atoms with E-state index in [4.69, 9.17) is 11.6 Å². The van der Waals surface area contributed by atoms with Crippen LogP contribution in [0, 0.1) is 0 Å². The van der Waals surface area contributed by atoms with E-state index in [2.05, 4.69) is 20.6 Å². The van der Waals surface area contributed by atoms with Gasteiger partial charge in [-0.3, -0.25) is 9.59 Å². The molecule has 0 saturated carbocycles. The Bertz CT molecular complexity index is 908. The SMILES string of the molecule is O=C(CCn1nnc2ccccc2c1=O)Nc1ccc(Cl)cn1. The Hall–Kier alpha value is -2.80. The maximum atomic E-state index is 12.2. The van der Waals surface area contributed by atoms with Gasteiger partial charge in [0.25, 0.3) is 5.56 Å². The maximum Gasteiger partial charge on any atom is 0.277 e. The summed E-state index contributed by atoms with van der Waals surface area (Å²) in [5, 5.41) is 11.4. The molecule has 23 heavy (non-hydrogen) atoms. The molecule has 2 heterocycles. The highest BCUT2D eigenvalue weighted by molar-refractivity contribution is 6.30. The van der Waals surface area contributed by atoms with Gasteiger partial charge in [-0.2, -0.15) is 0 Å². The fourth-order valence-corrected chi connectivity index (χ4v) is 2.14. The minimum absolute atomic E-state index is 0.0806. The lowest BCUT2D eigenvalue weighted by molar-refractivity contribution is -0.116. The van der Waals surface area contributed by atoms with Gasteiger partial charge in [-0.25, -0.2) is 9.67 Å². The van der Waals surface area contributed by atoms with Crippen molar-refractivity contribution in [1.29, 1.82) is 0 Å². The number of amides is 1. The van der Waals surface area contributed by atoms with Crippen LogP contribution in [-0.4, -0.2) is 25.9 Å². The molecule has 2 aromatic heterocycles. The van der Waals surface area contributed by atoms with Crippen LogP contribution in [0.15, 0.2) is 47.4 Å². The average molecular weight is 330 g/mol. The van der Waals surface area contributed by atoms with Crippen LogP contribution in [0.2, 0.25) is 5.02 Å². The number of aryl methyl sites for hydroxylation is 1. The topological polar surface area (TPSA) is 89.8 Å². The van der Waals surface area contributed by atoms with Crippen LogP contribution in [0.3, 0.4) is 0 Å². The minimum atomic E-state index is -0.276. The second-order valence-electron chi connectivity index (χ2n) is 4.79. The van der Waals surface area contributed by atoms with E-state index in [1.54, 1.807) is 36.4 Å². The first kappa shape index (κ1) is 15.1. The Morgan fingerprint density at radius 1 is 1.22 bits per heavy atom. The number of fused-ring (bicyclic) bond motifs is 1. The maximum absolute atomic E-state index is 12.2. The quantitative estimate of drug-likeness (QED) is 0.789. The van der Waals surface area contributed by atoms with Crippen LogP contribution in [0.5, 0.6) is 0 Å². The van der Waals surface area contributed by atoms with Gasteiger partial charge in [0, 0.05) is 12.6 Å². The number of carbonyl (C=O) groups is 1. The zero-order valence-corrected chi connectivity index (χ0v) is 12.7. The van der Waals surface area contributed by atoms with Crippen LogP contribution in [0.25, 0.3) is 10.9 Å². The summed E-state index contributed by atoms with van der Waals surface area (Å²) in [6.07, 6.45) is 1.52. The molecule has 116 valence electrons. The second kappa shape index (κ2) is 6.53. The number of halogens is 1. The van der Waals surface area contributed by atoms with Crippen LogP contribution < -0.4 is 10.9 Å². The molecule has 3 aromatic rings. The molecular weight excluding hydrogens is 318 g/mol. The Balaban J connectivity index is 1.68. The number of pyridine rings is 1. The van der Waals surface area contributed by atoms with Gasteiger partial charge < -0.3 is 5.32 Å². The van der Waals surface area contributed by atoms with E-state index < -0.39 is 0 Å². The second-order valence-corrected chi connectivity index (χ2v) is 5.23. The molecule has 1 aromatic carbocycles. The highest BCUT2D eigenvalue weighted by atomic mass is 35.5. The molecule has 0 aliphatic heterocycles. The number of nitrogens with zero attached hydrogens (tertiary/aromatic N) is 4. The van der Waals surface area contributed by atoms with E-state index in [0.717, 1.165) is 0 Å². The number of carbonyl (C=O) groups excluding carboxylic acids is 1. The molecular formula is C15H12ClN5O2. The summed E-state index contributed by atoms with van der Waals surface area (Å²) in [6, 6.07) is 10.2. The van der Waals surface area contributed by atoms with Crippen molar-refractivity contribution in [3.05, 3.63) is 58.0 Å². The standard InChI is InChI=1S/C15H12ClN5O2/c16-10-5-6-13(17-9-10)18-14(22)7-8-21-15(23)11-3-1-2-4-12(11)19-20-21/h1-6,9H,7-8H2,(H,17,18,22). The number of aromatic nitrogens is 4. The number of nitrogens with one attached hydrogen (secondary N) is 1. The van der Waals surface area contributed by atoms with Gasteiger partial charge in [0.1, 0.15) is 11.3 Å². The summed E-state index contributed by atoms with van der Waals surface area (Å²) < 4.78 is 1.18. The minimum Gasteiger partial charge on any atom is -0.311 e. The number of benzene rings is 1. The number of hydrogen-bond acceptors (Lipinski definition) is 5. The van der Waals surface area contributed by atoms with Crippen molar-refractivity contribution in [1.82, 2.24) is 20.0 Å². The summed E-state index contributed by atoms with van der Waals surface area (Å²) in [5.74, 6) is 0.123. The molecule has 0 atom stereocenters. The summed E-state index contributed by atoms with van der Waals surface area (Å²) in [7, 11) is 0. The summed E-state index contributed by atoms with van der Waals surface area (Å²) in [5.41, 5.74) is 0.261. The molecule has 1 amide bonds. The Labute approximate surface area is 135 Å². The first-order chi connectivity index (χ1) is 11.1. The molecule has 3 rings (SSSR count). The van der Waals surface area contributed by atoms with Crippen LogP contribution in [0.4, 0.5) is 5.82 Å². The van der Waals surface area contributed by atoms with Gasteiger partial charge in [0.15, 0.2) is 0 Å². The largest absolute Gasteiger partial charge is 0.311 e. The lowest BCUT2D eigenvalue weighted by Gasteiger charge is -2.06. The zero-order valence-electron chi connectivity index (χ0n) is 11.9. The van der Waals surface area contributed by atoms with E-state index in [1.165, 1.54) is 10.9 Å². The molecule has 0 fully saturated rings. The van der Waals surface area contributed by atoms with Crippen molar-refractivity contribution < 1.29 is 4.79 Å². The first-order valence-electron chi connectivity index (χ1n) is 6.87. The fourth-order valence-electron chi connectivity index (χ4n) is 2.03. The van der Waals surface area contributed by atoms with Crippen LogP contribution in [0.1, 0.15) is 6.42 Å². The fraction of sp³-hybridized carbons (Fsp3) is 0.133. The Kier molecular flexibility index (Phi) is 4.29. The molecule has 7 nitrogen and oxygen atoms in total. The third kappa shape index (κ3) is 3.51. The molecule has 0 aliphatic carbocycles. The molecule has 0 spiro atoms. The van der Waals surface area contributed by atoms with Crippen molar-refractivity contribution in [2.24, 2.45) is 0 Å². The van der Waals surface area contributed by atoms with E-state index in [0.29, 0.717) is 21.7 Å². The van der Waals surface area contributed by atoms with Gasteiger partial charge in [0.05, 0.1) is 17.0 Å². The molecule has 0 aliphatic rings. The third-order valence-electron chi connectivity index (χ3n) is 3.17. The molecule has 8 heteroatoms. The summed E-state index contributed by atoms with van der Waals surface area (Å²) in [6.45, 7) is 0.135. The molecule has 0 radical (unpaired) electrons. The van der Waals surface area contributed by atoms with Crippen LogP contribution >= 0.6 is 11.6 Å². The molecule has 1 N–H and O–H groups in total. The average Bonchev–Trinajstić information content (AvgIpc) is 2.57. The summed E-state index contributed by atoms with van der Waals surface area (Å²) >= 11 is 5.73. The molecule has 0 saturated heterocycles. The van der Waals surface area contributed by atoms with E-state index in [1.807, 2.05) is 0 Å². The number of hydrogen-bond donors (Lipinski definition) is 1. The monoisotopic (exact) mass is 329 g/mol. The normalized spacial score (nSPS) is 10.7. The zero-order chi connectivity index (χ0) is 16.2. The highest BCUT2D eigenvalue weighted by Gasteiger charge is 2.08. The lowest BCUT2D eigenvalue weighted by atomic mass is 10.2. The molecule has 0 unspecified atom stereocenters. The van der Waals surface area contributed by atoms with Gasteiger partial charge in [0.2, 0.25) is 5.91 Å². The first-order valence-corrected chi connectivity index (χ1v) is 7.25. The highest BCUT2D eigenvalue weighted by Crippen LogP contribution is 2.09. The predicted molar refractivity (Wildman–Crippen MR) is 86.3 cm³/mol. The number of rotatable bonds is 4. The predicted octanol–water partition coefficient (Wildman–Crippen LogP) is 1.87. The number of anilines is 1. The Morgan fingerprint density at radius 2 is 2.04 bits per heavy atom. The summed E-state index contributed by atoms with van der Waals surface area (Å²) in [4.78, 5) is 28.1. The van der Waals surface area contributed by atoms with E-state index >= 15 is 0 Å². The van der Waals surface area contributed by atoms with Gasteiger partial charge >= 0.3 is 0 Å². The van der Waals surface area contributed by atoms with E-state index in [-0.39, 0.29) is 24.4 Å². The van der Waals surface area contributed by atoms with Crippen molar-refractivity contribution >= 4 is 34.2 Å². The van der Waals surface area contributed by atoms with Crippen LogP contribution in [-0.2, 0) is 11.3 Å². The van der Waals surface area contributed by atoms with Crippen molar-refractivity contribution in [2.75, 3.05) is 5.32 Å². The Morgan fingerprint density at radius 3 is 2.83 bits per heavy atom. The smallest absolute Gasteiger partial charge is 0.277 e. The third-order valence-corrected chi connectivity index (χ3v) is 3.40. The van der Waals surface area contributed by atoms with Gasteiger partial charge in [-0.15, -0.1) is 5.10 Å².